The third-order valence-electron chi connectivity index (χ3n) is 4.11. The molecule has 0 atom stereocenters. The standard InChI is InChI=1S/C18H20FN3O3/c1-11(2)21(4)17-9-8-13(10-15(17)19)20-18(23)14-6-5-7-16(12(14)3)22(24)25/h5-11H,1-4H3,(H,20,23). The van der Waals surface area contributed by atoms with Crippen LogP contribution in [0.1, 0.15) is 29.8 Å². The summed E-state index contributed by atoms with van der Waals surface area (Å²) in [5.74, 6) is -0.977. The van der Waals surface area contributed by atoms with Crippen LogP contribution in [0.15, 0.2) is 36.4 Å². The first-order chi connectivity index (χ1) is 11.7. The average Bonchev–Trinajstić information content (AvgIpc) is 2.54. The van der Waals surface area contributed by atoms with Gasteiger partial charge in [0.2, 0.25) is 0 Å². The van der Waals surface area contributed by atoms with Gasteiger partial charge < -0.3 is 10.2 Å². The van der Waals surface area contributed by atoms with Gasteiger partial charge in [-0.05, 0) is 45.0 Å². The first-order valence-corrected chi connectivity index (χ1v) is 7.80. The van der Waals surface area contributed by atoms with E-state index in [9.17, 15) is 19.3 Å². The number of halogens is 1. The van der Waals surface area contributed by atoms with Crippen molar-refractivity contribution in [2.45, 2.75) is 26.8 Å². The summed E-state index contributed by atoms with van der Waals surface area (Å²) in [5, 5.41) is 13.6. The van der Waals surface area contributed by atoms with E-state index < -0.39 is 16.6 Å². The number of nitrogens with one attached hydrogen (secondary N) is 1. The molecule has 0 heterocycles. The largest absolute Gasteiger partial charge is 0.370 e. The molecule has 0 aliphatic carbocycles. The van der Waals surface area contributed by atoms with Crippen LogP contribution in [0.5, 0.6) is 0 Å². The molecule has 0 saturated heterocycles. The van der Waals surface area contributed by atoms with E-state index in [1.807, 2.05) is 13.8 Å². The van der Waals surface area contributed by atoms with Crippen LogP contribution in [0, 0.1) is 22.9 Å². The number of hydrogen-bond donors (Lipinski definition) is 1. The van der Waals surface area contributed by atoms with Crippen molar-refractivity contribution in [2.75, 3.05) is 17.3 Å². The number of nitro groups is 1. The monoisotopic (exact) mass is 345 g/mol. The first-order valence-electron chi connectivity index (χ1n) is 7.80. The van der Waals surface area contributed by atoms with Crippen molar-refractivity contribution in [1.29, 1.82) is 0 Å². The number of amides is 1. The fraction of sp³-hybridized carbons (Fsp3) is 0.278. The van der Waals surface area contributed by atoms with Crippen LogP contribution in [0.25, 0.3) is 0 Å². The molecule has 0 saturated carbocycles. The highest BCUT2D eigenvalue weighted by atomic mass is 19.1. The molecular weight excluding hydrogens is 325 g/mol. The smallest absolute Gasteiger partial charge is 0.273 e. The third-order valence-corrected chi connectivity index (χ3v) is 4.11. The van der Waals surface area contributed by atoms with Crippen LogP contribution >= 0.6 is 0 Å². The molecule has 1 amide bonds. The van der Waals surface area contributed by atoms with Crippen molar-refractivity contribution >= 4 is 23.0 Å². The van der Waals surface area contributed by atoms with Gasteiger partial charge in [-0.1, -0.05) is 6.07 Å². The van der Waals surface area contributed by atoms with Gasteiger partial charge in [0.15, 0.2) is 0 Å². The molecule has 0 aliphatic heterocycles. The fourth-order valence-corrected chi connectivity index (χ4v) is 2.41. The van der Waals surface area contributed by atoms with Crippen LogP contribution in [0.2, 0.25) is 0 Å². The summed E-state index contributed by atoms with van der Waals surface area (Å²) >= 11 is 0. The zero-order valence-electron chi connectivity index (χ0n) is 14.5. The molecule has 0 bridgehead atoms. The number of nitrogens with zero attached hydrogens (tertiary/aromatic N) is 2. The van der Waals surface area contributed by atoms with Gasteiger partial charge in [0.05, 0.1) is 10.6 Å². The van der Waals surface area contributed by atoms with E-state index in [0.29, 0.717) is 5.69 Å². The van der Waals surface area contributed by atoms with Gasteiger partial charge in [0, 0.05) is 36.0 Å². The SMILES string of the molecule is Cc1c(C(=O)Nc2ccc(N(C)C(C)C)c(F)c2)cccc1[N+](=O)[O-]. The van der Waals surface area contributed by atoms with Gasteiger partial charge in [0.25, 0.3) is 11.6 Å². The molecule has 25 heavy (non-hydrogen) atoms. The lowest BCUT2D eigenvalue weighted by atomic mass is 10.1. The van der Waals surface area contributed by atoms with E-state index in [2.05, 4.69) is 5.32 Å². The van der Waals surface area contributed by atoms with Gasteiger partial charge in [-0.15, -0.1) is 0 Å². The normalized spacial score (nSPS) is 10.6. The maximum absolute atomic E-state index is 14.3. The maximum Gasteiger partial charge on any atom is 0.273 e. The van der Waals surface area contributed by atoms with Crippen molar-refractivity contribution in [2.24, 2.45) is 0 Å². The van der Waals surface area contributed by atoms with E-state index in [4.69, 9.17) is 0 Å². The Bertz CT molecular complexity index is 821. The molecule has 0 fully saturated rings. The lowest BCUT2D eigenvalue weighted by Crippen LogP contribution is -2.26. The van der Waals surface area contributed by atoms with Crippen molar-refractivity contribution in [3.05, 3.63) is 63.5 Å². The number of benzene rings is 2. The predicted molar refractivity (Wildman–Crippen MR) is 95.7 cm³/mol. The molecular formula is C18H20FN3O3. The number of hydrogen-bond acceptors (Lipinski definition) is 4. The zero-order chi connectivity index (χ0) is 18.7. The molecule has 0 unspecified atom stereocenters. The molecule has 7 heteroatoms. The van der Waals surface area contributed by atoms with E-state index in [-0.39, 0.29) is 28.5 Å². The van der Waals surface area contributed by atoms with Crippen molar-refractivity contribution < 1.29 is 14.1 Å². The predicted octanol–water partition coefficient (Wildman–Crippen LogP) is 4.14. The molecule has 2 aromatic rings. The minimum Gasteiger partial charge on any atom is -0.370 e. The highest BCUT2D eigenvalue weighted by molar-refractivity contribution is 6.05. The molecule has 2 rings (SSSR count). The highest BCUT2D eigenvalue weighted by Crippen LogP contribution is 2.25. The molecule has 2 aromatic carbocycles. The minimum absolute atomic E-state index is 0.127. The summed E-state index contributed by atoms with van der Waals surface area (Å²) in [6.07, 6.45) is 0. The molecule has 0 aliphatic rings. The average molecular weight is 345 g/mol. The minimum atomic E-state index is -0.539. The van der Waals surface area contributed by atoms with E-state index in [1.54, 1.807) is 24.1 Å². The van der Waals surface area contributed by atoms with Crippen LogP contribution in [0.3, 0.4) is 0 Å². The summed E-state index contributed by atoms with van der Waals surface area (Å²) in [6, 6.07) is 8.83. The lowest BCUT2D eigenvalue weighted by molar-refractivity contribution is -0.385. The summed E-state index contributed by atoms with van der Waals surface area (Å²) in [5.41, 5.74) is 1.03. The van der Waals surface area contributed by atoms with Gasteiger partial charge in [-0.2, -0.15) is 0 Å². The van der Waals surface area contributed by atoms with E-state index >= 15 is 0 Å². The van der Waals surface area contributed by atoms with Crippen molar-refractivity contribution in [3.63, 3.8) is 0 Å². The van der Waals surface area contributed by atoms with E-state index in [1.165, 1.54) is 31.2 Å². The second-order valence-electron chi connectivity index (χ2n) is 6.03. The number of carbonyl (C=O) groups is 1. The Morgan fingerprint density at radius 3 is 2.52 bits per heavy atom. The quantitative estimate of drug-likeness (QED) is 0.653. The number of nitro benzene ring substituents is 1. The molecule has 0 spiro atoms. The Morgan fingerprint density at radius 2 is 1.96 bits per heavy atom. The van der Waals surface area contributed by atoms with Gasteiger partial charge in [0.1, 0.15) is 5.82 Å². The van der Waals surface area contributed by atoms with Crippen molar-refractivity contribution in [1.82, 2.24) is 0 Å². The Kier molecular flexibility index (Phi) is 5.36. The summed E-state index contributed by atoms with van der Waals surface area (Å²) in [6.45, 7) is 5.40. The Hall–Kier alpha value is -2.96. The van der Waals surface area contributed by atoms with Crippen LogP contribution in [0.4, 0.5) is 21.5 Å². The Morgan fingerprint density at radius 1 is 1.28 bits per heavy atom. The molecule has 1 N–H and O–H groups in total. The van der Waals surface area contributed by atoms with Gasteiger partial charge in [-0.3, -0.25) is 14.9 Å². The van der Waals surface area contributed by atoms with Gasteiger partial charge in [-0.25, -0.2) is 4.39 Å². The summed E-state index contributed by atoms with van der Waals surface area (Å²) in [4.78, 5) is 24.6. The second-order valence-corrected chi connectivity index (χ2v) is 6.03. The van der Waals surface area contributed by atoms with Crippen molar-refractivity contribution in [3.8, 4) is 0 Å². The lowest BCUT2D eigenvalue weighted by Gasteiger charge is -2.24. The van der Waals surface area contributed by atoms with Crippen LogP contribution in [-0.4, -0.2) is 23.9 Å². The number of carbonyl (C=O) groups excluding carboxylic acids is 1. The fourth-order valence-electron chi connectivity index (χ4n) is 2.41. The topological polar surface area (TPSA) is 75.5 Å². The highest BCUT2D eigenvalue weighted by Gasteiger charge is 2.18. The number of rotatable bonds is 5. The molecule has 132 valence electrons. The van der Waals surface area contributed by atoms with E-state index in [0.717, 1.165) is 0 Å². The Labute approximate surface area is 145 Å². The summed E-state index contributed by atoms with van der Waals surface area (Å²) in [7, 11) is 1.79. The molecule has 0 radical (unpaired) electrons. The maximum atomic E-state index is 14.3. The summed E-state index contributed by atoms with van der Waals surface area (Å²) < 4.78 is 14.3. The third kappa shape index (κ3) is 3.93. The Balaban J connectivity index is 2.26. The van der Waals surface area contributed by atoms with Gasteiger partial charge >= 0.3 is 0 Å². The van der Waals surface area contributed by atoms with Crippen LogP contribution in [-0.2, 0) is 0 Å². The zero-order valence-corrected chi connectivity index (χ0v) is 14.5. The first kappa shape index (κ1) is 18.4. The second kappa shape index (κ2) is 7.29. The van der Waals surface area contributed by atoms with Crippen LogP contribution < -0.4 is 10.2 Å². The molecule has 6 nitrogen and oxygen atoms in total. The molecule has 0 aromatic heterocycles. The number of anilines is 2.